The van der Waals surface area contributed by atoms with Crippen LogP contribution in [0.25, 0.3) is 0 Å². The lowest BCUT2D eigenvalue weighted by atomic mass is 10.0. The number of hydrogen-bond donors (Lipinski definition) is 1. The SMILES string of the molecule is CCCCCCCCCCCCCC[C@H]1OC(C)(C)O[C@H]1[C@@H]1CN1. The zero-order valence-electron chi connectivity index (χ0n) is 16.4. The topological polar surface area (TPSA) is 40.4 Å². The van der Waals surface area contributed by atoms with Crippen molar-refractivity contribution in [1.82, 2.24) is 5.32 Å². The van der Waals surface area contributed by atoms with Gasteiger partial charge in [0.15, 0.2) is 5.79 Å². The Balaban J connectivity index is 1.40. The molecule has 0 aliphatic carbocycles. The third-order valence-corrected chi connectivity index (χ3v) is 5.40. The first-order valence-electron chi connectivity index (χ1n) is 10.7. The lowest BCUT2D eigenvalue weighted by Crippen LogP contribution is -2.29. The minimum Gasteiger partial charge on any atom is -0.345 e. The normalized spacial score (nSPS) is 28.4. The van der Waals surface area contributed by atoms with Gasteiger partial charge in [-0.15, -0.1) is 0 Å². The highest BCUT2D eigenvalue weighted by molar-refractivity contribution is 4.98. The predicted molar refractivity (Wildman–Crippen MR) is 101 cm³/mol. The predicted octanol–water partition coefficient (Wildman–Crippen LogP) is 5.57. The largest absolute Gasteiger partial charge is 0.345 e. The van der Waals surface area contributed by atoms with E-state index in [0.717, 1.165) is 13.0 Å². The number of rotatable bonds is 14. The van der Waals surface area contributed by atoms with E-state index in [1.165, 1.54) is 77.0 Å². The summed E-state index contributed by atoms with van der Waals surface area (Å²) in [6.07, 6.45) is 18.6. The molecule has 2 aliphatic rings. The smallest absolute Gasteiger partial charge is 0.163 e. The molecule has 142 valence electrons. The third kappa shape index (κ3) is 7.84. The number of nitrogens with one attached hydrogen (secondary N) is 1. The van der Waals surface area contributed by atoms with Gasteiger partial charge in [0.2, 0.25) is 0 Å². The Hall–Kier alpha value is -0.120. The maximum atomic E-state index is 6.10. The summed E-state index contributed by atoms with van der Waals surface area (Å²) in [5.41, 5.74) is 0. The van der Waals surface area contributed by atoms with Crippen LogP contribution in [0.3, 0.4) is 0 Å². The quantitative estimate of drug-likeness (QED) is 0.332. The van der Waals surface area contributed by atoms with E-state index in [-0.39, 0.29) is 6.10 Å². The van der Waals surface area contributed by atoms with Gasteiger partial charge in [0, 0.05) is 12.6 Å². The lowest BCUT2D eigenvalue weighted by Gasteiger charge is -2.16. The molecular weight excluding hydrogens is 298 g/mol. The van der Waals surface area contributed by atoms with Crippen molar-refractivity contribution in [2.75, 3.05) is 6.54 Å². The Kier molecular flexibility index (Phi) is 9.07. The highest BCUT2D eigenvalue weighted by Crippen LogP contribution is 2.34. The van der Waals surface area contributed by atoms with Crippen LogP contribution >= 0.6 is 0 Å². The lowest BCUT2D eigenvalue weighted by molar-refractivity contribution is -0.146. The first-order chi connectivity index (χ1) is 11.6. The van der Waals surface area contributed by atoms with Crippen LogP contribution in [0.4, 0.5) is 0 Å². The summed E-state index contributed by atoms with van der Waals surface area (Å²) in [6, 6.07) is 0.536. The molecule has 0 spiro atoms. The van der Waals surface area contributed by atoms with E-state index < -0.39 is 5.79 Å². The summed E-state index contributed by atoms with van der Waals surface area (Å²) in [5.74, 6) is -0.392. The molecule has 3 heteroatoms. The van der Waals surface area contributed by atoms with E-state index in [2.05, 4.69) is 12.2 Å². The fourth-order valence-corrected chi connectivity index (χ4v) is 3.91. The van der Waals surface area contributed by atoms with Crippen molar-refractivity contribution in [2.24, 2.45) is 0 Å². The van der Waals surface area contributed by atoms with Crippen LogP contribution in [-0.2, 0) is 9.47 Å². The Bertz CT molecular complexity index is 328. The molecule has 0 aromatic carbocycles. The van der Waals surface area contributed by atoms with E-state index in [1.54, 1.807) is 0 Å². The molecule has 3 nitrogen and oxygen atoms in total. The van der Waals surface area contributed by atoms with Crippen molar-refractivity contribution in [3.8, 4) is 0 Å². The van der Waals surface area contributed by atoms with Gasteiger partial charge in [-0.05, 0) is 20.3 Å². The minimum atomic E-state index is -0.392. The maximum Gasteiger partial charge on any atom is 0.163 e. The molecular formula is C21H41NO2. The molecule has 2 rings (SSSR count). The molecule has 2 fully saturated rings. The summed E-state index contributed by atoms with van der Waals surface area (Å²) >= 11 is 0. The Labute approximate surface area is 150 Å². The molecule has 1 N–H and O–H groups in total. The second-order valence-electron chi connectivity index (χ2n) is 8.33. The van der Waals surface area contributed by atoms with Gasteiger partial charge < -0.3 is 14.8 Å². The van der Waals surface area contributed by atoms with Crippen LogP contribution in [0.15, 0.2) is 0 Å². The fourth-order valence-electron chi connectivity index (χ4n) is 3.91. The highest BCUT2D eigenvalue weighted by atomic mass is 16.8. The first kappa shape index (κ1) is 20.2. The summed E-state index contributed by atoms with van der Waals surface area (Å²) < 4.78 is 12.2. The van der Waals surface area contributed by atoms with Gasteiger partial charge in [-0.25, -0.2) is 0 Å². The summed E-state index contributed by atoms with van der Waals surface area (Å²) in [4.78, 5) is 0. The zero-order valence-corrected chi connectivity index (χ0v) is 16.4. The van der Waals surface area contributed by atoms with E-state index in [4.69, 9.17) is 9.47 Å². The summed E-state index contributed by atoms with van der Waals surface area (Å²) in [6.45, 7) is 7.48. The molecule has 2 saturated heterocycles. The van der Waals surface area contributed by atoms with Crippen LogP contribution < -0.4 is 5.32 Å². The van der Waals surface area contributed by atoms with Crippen LogP contribution in [0.1, 0.15) is 104 Å². The second-order valence-corrected chi connectivity index (χ2v) is 8.33. The van der Waals surface area contributed by atoms with E-state index in [0.29, 0.717) is 12.1 Å². The third-order valence-electron chi connectivity index (χ3n) is 5.40. The molecule has 0 saturated carbocycles. The van der Waals surface area contributed by atoms with Crippen molar-refractivity contribution in [3.63, 3.8) is 0 Å². The van der Waals surface area contributed by atoms with Gasteiger partial charge in [0.1, 0.15) is 6.10 Å². The van der Waals surface area contributed by atoms with Gasteiger partial charge in [0.05, 0.1) is 6.10 Å². The molecule has 0 aromatic rings. The standard InChI is InChI=1S/C21H41NO2/c1-4-5-6-7-8-9-10-11-12-13-14-15-16-19-20(18-17-22-18)24-21(2,3)23-19/h18-20,22H,4-17H2,1-3H3/t18-,19+,20-/m0/s1. The van der Waals surface area contributed by atoms with Crippen molar-refractivity contribution in [1.29, 1.82) is 0 Å². The number of ether oxygens (including phenoxy) is 2. The van der Waals surface area contributed by atoms with Crippen LogP contribution in [0.5, 0.6) is 0 Å². The molecule has 0 unspecified atom stereocenters. The Morgan fingerprint density at radius 1 is 0.792 bits per heavy atom. The molecule has 2 heterocycles. The minimum absolute atomic E-state index is 0.271. The molecule has 0 radical (unpaired) electrons. The highest BCUT2D eigenvalue weighted by Gasteiger charge is 2.47. The molecule has 2 aliphatic heterocycles. The molecule has 3 atom stereocenters. The zero-order chi connectivity index (χ0) is 17.3. The number of hydrogen-bond acceptors (Lipinski definition) is 3. The molecule has 24 heavy (non-hydrogen) atoms. The van der Waals surface area contributed by atoms with E-state index in [9.17, 15) is 0 Å². The number of unbranched alkanes of at least 4 members (excludes halogenated alkanes) is 11. The molecule has 0 amide bonds. The average Bonchev–Trinajstić information content (AvgIpc) is 3.33. The van der Waals surface area contributed by atoms with Gasteiger partial charge >= 0.3 is 0 Å². The van der Waals surface area contributed by atoms with Gasteiger partial charge in [-0.3, -0.25) is 0 Å². The summed E-state index contributed by atoms with van der Waals surface area (Å²) in [7, 11) is 0. The van der Waals surface area contributed by atoms with Crippen molar-refractivity contribution >= 4 is 0 Å². The van der Waals surface area contributed by atoms with Crippen molar-refractivity contribution in [3.05, 3.63) is 0 Å². The fraction of sp³-hybridized carbons (Fsp3) is 1.00. The van der Waals surface area contributed by atoms with E-state index in [1.807, 2.05) is 13.8 Å². The van der Waals surface area contributed by atoms with E-state index >= 15 is 0 Å². The maximum absolute atomic E-state index is 6.10. The van der Waals surface area contributed by atoms with Crippen LogP contribution in [0.2, 0.25) is 0 Å². The van der Waals surface area contributed by atoms with Gasteiger partial charge in [0.25, 0.3) is 0 Å². The van der Waals surface area contributed by atoms with Gasteiger partial charge in [-0.2, -0.15) is 0 Å². The molecule has 0 bridgehead atoms. The summed E-state index contributed by atoms with van der Waals surface area (Å²) in [5, 5.41) is 3.39. The van der Waals surface area contributed by atoms with Crippen LogP contribution in [-0.4, -0.2) is 30.6 Å². The molecule has 0 aromatic heterocycles. The Morgan fingerprint density at radius 3 is 1.79 bits per heavy atom. The van der Waals surface area contributed by atoms with Crippen LogP contribution in [0, 0.1) is 0 Å². The monoisotopic (exact) mass is 339 g/mol. The second kappa shape index (κ2) is 10.8. The van der Waals surface area contributed by atoms with Crippen molar-refractivity contribution < 1.29 is 9.47 Å². The van der Waals surface area contributed by atoms with Gasteiger partial charge in [-0.1, -0.05) is 84.0 Å². The first-order valence-corrected chi connectivity index (χ1v) is 10.7. The van der Waals surface area contributed by atoms with Crippen molar-refractivity contribution in [2.45, 2.75) is 128 Å². The average molecular weight is 340 g/mol. The Morgan fingerprint density at radius 2 is 1.29 bits per heavy atom.